The summed E-state index contributed by atoms with van der Waals surface area (Å²) in [7, 11) is 0. The maximum Gasteiger partial charge on any atom is 0.335 e. The molecule has 1 fully saturated rings. The molecule has 1 aliphatic heterocycles. The Bertz CT molecular complexity index is 400. The second-order valence-electron chi connectivity index (χ2n) is 4.06. The molecular weight excluding hydrogens is 209 g/mol. The fraction of sp³-hybridized carbons (Fsp3) is 0.417. The van der Waals surface area contributed by atoms with Gasteiger partial charge in [0.2, 0.25) is 0 Å². The summed E-state index contributed by atoms with van der Waals surface area (Å²) >= 11 is 0. The number of rotatable bonds is 2. The highest BCUT2D eigenvalue weighted by molar-refractivity contribution is 5.89. The van der Waals surface area contributed by atoms with Crippen LogP contribution in [-0.4, -0.2) is 24.2 Å². The Hall–Kier alpha value is -1.42. The van der Waals surface area contributed by atoms with Gasteiger partial charge in [0.15, 0.2) is 0 Å². The molecule has 0 atom stereocenters. The van der Waals surface area contributed by atoms with Gasteiger partial charge in [-0.05, 0) is 55.6 Å². The van der Waals surface area contributed by atoms with Crippen LogP contribution in [-0.2, 0) is 0 Å². The summed E-state index contributed by atoms with van der Waals surface area (Å²) in [5, 5.41) is 12.3. The lowest BCUT2D eigenvalue weighted by Gasteiger charge is -2.24. The maximum absolute atomic E-state index is 13.2. The Morgan fingerprint density at radius 1 is 1.38 bits per heavy atom. The van der Waals surface area contributed by atoms with Crippen molar-refractivity contribution >= 4 is 5.97 Å². The number of aromatic carboxylic acids is 1. The van der Waals surface area contributed by atoms with Gasteiger partial charge in [-0.25, -0.2) is 9.18 Å². The molecule has 1 saturated heterocycles. The molecule has 0 spiro atoms. The number of halogens is 1. The number of carboxylic acids is 1. The first kappa shape index (κ1) is 11.1. The zero-order valence-electron chi connectivity index (χ0n) is 8.87. The van der Waals surface area contributed by atoms with E-state index in [-0.39, 0.29) is 17.3 Å². The monoisotopic (exact) mass is 223 g/mol. The molecule has 2 N–H and O–H groups in total. The molecule has 1 heterocycles. The highest BCUT2D eigenvalue weighted by Gasteiger charge is 2.21. The van der Waals surface area contributed by atoms with Crippen LogP contribution < -0.4 is 5.32 Å². The van der Waals surface area contributed by atoms with Gasteiger partial charge in [-0.2, -0.15) is 0 Å². The lowest BCUT2D eigenvalue weighted by atomic mass is 9.87. The van der Waals surface area contributed by atoms with E-state index in [0.29, 0.717) is 5.56 Å². The molecule has 0 bridgehead atoms. The summed E-state index contributed by atoms with van der Waals surface area (Å²) in [6.07, 6.45) is 1.73. The second-order valence-corrected chi connectivity index (χ2v) is 4.06. The Morgan fingerprint density at radius 3 is 2.69 bits per heavy atom. The molecule has 0 amide bonds. The van der Waals surface area contributed by atoms with Crippen LogP contribution in [0.15, 0.2) is 18.2 Å². The average molecular weight is 223 g/mol. The zero-order chi connectivity index (χ0) is 11.5. The first-order valence-corrected chi connectivity index (χ1v) is 5.42. The number of piperidine rings is 1. The Balaban J connectivity index is 2.36. The number of benzene rings is 1. The van der Waals surface area contributed by atoms with E-state index >= 15 is 0 Å². The normalized spacial score (nSPS) is 17.3. The van der Waals surface area contributed by atoms with Crippen LogP contribution in [0.1, 0.15) is 34.7 Å². The molecule has 2 rings (SSSR count). The lowest BCUT2D eigenvalue weighted by molar-refractivity contribution is 0.0694. The molecule has 1 aliphatic rings. The van der Waals surface area contributed by atoms with Crippen LogP contribution in [0.3, 0.4) is 0 Å². The molecule has 1 aromatic carbocycles. The number of nitrogens with one attached hydrogen (secondary N) is 1. The van der Waals surface area contributed by atoms with Gasteiger partial charge in [0, 0.05) is 0 Å². The molecule has 0 aliphatic carbocycles. The Labute approximate surface area is 93.3 Å². The van der Waals surface area contributed by atoms with Crippen molar-refractivity contribution in [1.29, 1.82) is 0 Å². The fourth-order valence-corrected chi connectivity index (χ4v) is 2.20. The van der Waals surface area contributed by atoms with Crippen molar-refractivity contribution in [1.82, 2.24) is 5.32 Å². The Kier molecular flexibility index (Phi) is 3.19. The van der Waals surface area contributed by atoms with Crippen LogP contribution >= 0.6 is 0 Å². The van der Waals surface area contributed by atoms with Crippen LogP contribution in [0.4, 0.5) is 4.39 Å². The molecule has 3 nitrogen and oxygen atoms in total. The van der Waals surface area contributed by atoms with E-state index in [1.807, 2.05) is 0 Å². The average Bonchev–Trinajstić information content (AvgIpc) is 2.29. The molecule has 1 aromatic rings. The van der Waals surface area contributed by atoms with E-state index in [1.165, 1.54) is 18.2 Å². The minimum atomic E-state index is -0.978. The predicted octanol–water partition coefficient (Wildman–Crippen LogP) is 1.99. The van der Waals surface area contributed by atoms with Gasteiger partial charge in [0.25, 0.3) is 0 Å². The fourth-order valence-electron chi connectivity index (χ4n) is 2.20. The van der Waals surface area contributed by atoms with Crippen molar-refractivity contribution in [2.45, 2.75) is 18.8 Å². The standard InChI is InChI=1S/C12H14FNO2/c13-9-1-2-10(12(15)16)11(7-9)8-3-5-14-6-4-8/h1-2,7-8,14H,3-6H2,(H,15,16). The molecule has 86 valence electrons. The van der Waals surface area contributed by atoms with Gasteiger partial charge in [-0.3, -0.25) is 0 Å². The van der Waals surface area contributed by atoms with E-state index in [2.05, 4.69) is 5.32 Å². The van der Waals surface area contributed by atoms with Crippen molar-refractivity contribution in [3.63, 3.8) is 0 Å². The number of carboxylic acid groups (broad SMARTS) is 1. The van der Waals surface area contributed by atoms with Gasteiger partial charge in [-0.1, -0.05) is 0 Å². The molecule has 0 aromatic heterocycles. The van der Waals surface area contributed by atoms with Crippen molar-refractivity contribution in [2.24, 2.45) is 0 Å². The number of hydrogen-bond acceptors (Lipinski definition) is 2. The third-order valence-corrected chi connectivity index (χ3v) is 3.02. The Morgan fingerprint density at radius 2 is 2.06 bits per heavy atom. The number of carbonyl (C=O) groups is 1. The highest BCUT2D eigenvalue weighted by Crippen LogP contribution is 2.28. The topological polar surface area (TPSA) is 49.3 Å². The van der Waals surface area contributed by atoms with Crippen LogP contribution in [0, 0.1) is 5.82 Å². The summed E-state index contributed by atoms with van der Waals surface area (Å²) in [6.45, 7) is 1.72. The predicted molar refractivity (Wildman–Crippen MR) is 58.2 cm³/mol. The van der Waals surface area contributed by atoms with Gasteiger partial charge >= 0.3 is 5.97 Å². The summed E-state index contributed by atoms with van der Waals surface area (Å²) in [5.74, 6) is -1.19. The third-order valence-electron chi connectivity index (χ3n) is 3.02. The van der Waals surface area contributed by atoms with Crippen LogP contribution in [0.5, 0.6) is 0 Å². The smallest absolute Gasteiger partial charge is 0.335 e. The first-order valence-electron chi connectivity index (χ1n) is 5.42. The first-order chi connectivity index (χ1) is 7.68. The van der Waals surface area contributed by atoms with Crippen molar-refractivity contribution < 1.29 is 14.3 Å². The van der Waals surface area contributed by atoms with E-state index in [0.717, 1.165) is 25.9 Å². The lowest BCUT2D eigenvalue weighted by Crippen LogP contribution is -2.27. The summed E-state index contributed by atoms with van der Waals surface area (Å²) < 4.78 is 13.2. The molecule has 16 heavy (non-hydrogen) atoms. The molecule has 0 saturated carbocycles. The van der Waals surface area contributed by atoms with Crippen LogP contribution in [0.2, 0.25) is 0 Å². The third kappa shape index (κ3) is 2.22. The largest absolute Gasteiger partial charge is 0.478 e. The summed E-state index contributed by atoms with van der Waals surface area (Å²) in [4.78, 5) is 11.0. The van der Waals surface area contributed by atoms with E-state index in [4.69, 9.17) is 5.11 Å². The van der Waals surface area contributed by atoms with Crippen molar-refractivity contribution in [2.75, 3.05) is 13.1 Å². The number of hydrogen-bond donors (Lipinski definition) is 2. The minimum Gasteiger partial charge on any atom is -0.478 e. The van der Waals surface area contributed by atoms with E-state index in [9.17, 15) is 9.18 Å². The van der Waals surface area contributed by atoms with Crippen LogP contribution in [0.25, 0.3) is 0 Å². The van der Waals surface area contributed by atoms with Crippen molar-refractivity contribution in [3.8, 4) is 0 Å². The SMILES string of the molecule is O=C(O)c1ccc(F)cc1C1CCNCC1. The maximum atomic E-state index is 13.2. The zero-order valence-corrected chi connectivity index (χ0v) is 8.87. The van der Waals surface area contributed by atoms with Gasteiger partial charge in [0.1, 0.15) is 5.82 Å². The van der Waals surface area contributed by atoms with Gasteiger partial charge in [-0.15, -0.1) is 0 Å². The van der Waals surface area contributed by atoms with E-state index < -0.39 is 5.97 Å². The second kappa shape index (κ2) is 4.61. The quantitative estimate of drug-likeness (QED) is 0.806. The molecular formula is C12H14FNO2. The van der Waals surface area contributed by atoms with Crippen molar-refractivity contribution in [3.05, 3.63) is 35.1 Å². The summed E-state index contributed by atoms with van der Waals surface area (Å²) in [6, 6.07) is 3.92. The molecule has 0 radical (unpaired) electrons. The summed E-state index contributed by atoms with van der Waals surface area (Å²) in [5.41, 5.74) is 0.863. The highest BCUT2D eigenvalue weighted by atomic mass is 19.1. The minimum absolute atomic E-state index is 0.156. The van der Waals surface area contributed by atoms with E-state index in [1.54, 1.807) is 0 Å². The van der Waals surface area contributed by atoms with Gasteiger partial charge < -0.3 is 10.4 Å². The molecule has 4 heteroatoms. The molecule has 0 unspecified atom stereocenters. The van der Waals surface area contributed by atoms with Gasteiger partial charge in [0.05, 0.1) is 5.56 Å².